The molecule has 9 heteroatoms. The van der Waals surface area contributed by atoms with Gasteiger partial charge in [0.25, 0.3) is 0 Å². The molecule has 0 saturated carbocycles. The maximum absolute atomic E-state index is 13.6. The lowest BCUT2D eigenvalue weighted by molar-refractivity contribution is -0.144. The summed E-state index contributed by atoms with van der Waals surface area (Å²) in [5.74, 6) is -0.802. The van der Waals surface area contributed by atoms with Gasteiger partial charge in [-0.3, -0.25) is 14.4 Å². The van der Waals surface area contributed by atoms with Crippen molar-refractivity contribution in [2.24, 2.45) is 5.92 Å². The molecule has 214 valence electrons. The predicted octanol–water partition coefficient (Wildman–Crippen LogP) is 4.54. The summed E-state index contributed by atoms with van der Waals surface area (Å²) >= 11 is 0. The van der Waals surface area contributed by atoms with Gasteiger partial charge >= 0.3 is 12.1 Å². The molecular weight excluding hydrogens is 486 g/mol. The van der Waals surface area contributed by atoms with Crippen molar-refractivity contribution in [1.29, 1.82) is 0 Å². The molecule has 0 saturated heterocycles. The van der Waals surface area contributed by atoms with Gasteiger partial charge in [0.1, 0.15) is 18.2 Å². The number of esters is 1. The highest BCUT2D eigenvalue weighted by Crippen LogP contribution is 2.27. The molecule has 0 aromatic heterocycles. The summed E-state index contributed by atoms with van der Waals surface area (Å²) in [6.07, 6.45) is 1.69. The van der Waals surface area contributed by atoms with E-state index in [-0.39, 0.29) is 32.2 Å². The first-order valence-corrected chi connectivity index (χ1v) is 13.6. The topological polar surface area (TPSA) is 114 Å². The van der Waals surface area contributed by atoms with Gasteiger partial charge in [-0.15, -0.1) is 0 Å². The molecular formula is C29H47N3O6. The number of hydrogen-bond acceptors (Lipinski definition) is 6. The third-order valence-electron chi connectivity index (χ3n) is 5.87. The van der Waals surface area contributed by atoms with Gasteiger partial charge in [-0.25, -0.2) is 4.79 Å². The average Bonchev–Trinajstić information content (AvgIpc) is 2.83. The fourth-order valence-electron chi connectivity index (χ4n) is 3.90. The van der Waals surface area contributed by atoms with Crippen LogP contribution in [0.3, 0.4) is 0 Å². The van der Waals surface area contributed by atoms with Crippen molar-refractivity contribution in [3.05, 3.63) is 35.4 Å². The highest BCUT2D eigenvalue weighted by Gasteiger charge is 2.35. The molecule has 0 heterocycles. The molecule has 2 N–H and O–H groups in total. The summed E-state index contributed by atoms with van der Waals surface area (Å²) in [6, 6.07) is 6.34. The van der Waals surface area contributed by atoms with Gasteiger partial charge in [0.15, 0.2) is 0 Å². The minimum Gasteiger partial charge on any atom is -0.466 e. The lowest BCUT2D eigenvalue weighted by Crippen LogP contribution is -2.51. The lowest BCUT2D eigenvalue weighted by Gasteiger charge is -2.36. The van der Waals surface area contributed by atoms with Crippen LogP contribution in [0.15, 0.2) is 24.3 Å². The van der Waals surface area contributed by atoms with Crippen LogP contribution in [-0.2, 0) is 30.3 Å². The summed E-state index contributed by atoms with van der Waals surface area (Å²) in [4.78, 5) is 52.8. The van der Waals surface area contributed by atoms with Crippen LogP contribution in [0.25, 0.3) is 0 Å². The van der Waals surface area contributed by atoms with Gasteiger partial charge < -0.3 is 25.0 Å². The second kappa shape index (κ2) is 16.0. The van der Waals surface area contributed by atoms with E-state index in [4.69, 9.17) is 9.47 Å². The molecule has 0 aliphatic rings. The van der Waals surface area contributed by atoms with E-state index in [0.717, 1.165) is 18.4 Å². The Hall–Kier alpha value is -3.10. The van der Waals surface area contributed by atoms with Crippen molar-refractivity contribution in [2.45, 2.75) is 98.8 Å². The van der Waals surface area contributed by atoms with Crippen molar-refractivity contribution in [3.63, 3.8) is 0 Å². The minimum atomic E-state index is -0.946. The monoisotopic (exact) mass is 533 g/mol. The number of carbonyl (C=O) groups excluding carboxylic acids is 4. The molecule has 2 atom stereocenters. The van der Waals surface area contributed by atoms with Gasteiger partial charge in [-0.2, -0.15) is 0 Å². The first-order chi connectivity index (χ1) is 17.8. The second-order valence-electron chi connectivity index (χ2n) is 10.8. The van der Waals surface area contributed by atoms with Crippen LogP contribution < -0.4 is 10.6 Å². The third-order valence-corrected chi connectivity index (χ3v) is 5.87. The molecule has 1 aromatic carbocycles. The number of benzene rings is 1. The van der Waals surface area contributed by atoms with E-state index in [9.17, 15) is 19.2 Å². The Labute approximate surface area is 228 Å². The van der Waals surface area contributed by atoms with Gasteiger partial charge in [-0.05, 0) is 70.9 Å². The van der Waals surface area contributed by atoms with E-state index < -0.39 is 35.5 Å². The highest BCUT2D eigenvalue weighted by molar-refractivity contribution is 5.90. The minimum absolute atomic E-state index is 0.0259. The van der Waals surface area contributed by atoms with Crippen LogP contribution >= 0.6 is 0 Å². The predicted molar refractivity (Wildman–Crippen MR) is 147 cm³/mol. The zero-order chi connectivity index (χ0) is 28.9. The molecule has 3 amide bonds. The number of rotatable bonds is 14. The Morgan fingerprint density at radius 3 is 2.11 bits per heavy atom. The molecule has 0 aliphatic carbocycles. The van der Waals surface area contributed by atoms with Crippen LogP contribution in [0.4, 0.5) is 4.79 Å². The Balaban J connectivity index is 3.30. The molecule has 9 nitrogen and oxygen atoms in total. The quantitative estimate of drug-likeness (QED) is 0.340. The van der Waals surface area contributed by atoms with Crippen LogP contribution in [0.1, 0.15) is 91.8 Å². The zero-order valence-corrected chi connectivity index (χ0v) is 24.4. The Morgan fingerprint density at radius 2 is 1.58 bits per heavy atom. The summed E-state index contributed by atoms with van der Waals surface area (Å²) in [7, 11) is 0. The van der Waals surface area contributed by atoms with E-state index in [1.165, 1.54) is 0 Å². The number of carbonyl (C=O) groups is 4. The first-order valence-electron chi connectivity index (χ1n) is 13.6. The smallest absolute Gasteiger partial charge is 0.408 e. The van der Waals surface area contributed by atoms with Crippen molar-refractivity contribution in [3.8, 4) is 0 Å². The lowest BCUT2D eigenvalue weighted by atomic mass is 9.97. The number of aryl methyl sites for hydroxylation is 1. The van der Waals surface area contributed by atoms with Crippen molar-refractivity contribution < 1.29 is 28.7 Å². The van der Waals surface area contributed by atoms with Gasteiger partial charge in [-0.1, -0.05) is 45.0 Å². The van der Waals surface area contributed by atoms with E-state index in [1.54, 1.807) is 32.6 Å². The Morgan fingerprint density at radius 1 is 0.947 bits per heavy atom. The molecule has 2 unspecified atom stereocenters. The standard InChI is InChI=1S/C29H47N3O6/c1-9-22-13-15-23(16-14-22)26(27(35)30-18-17-25(34)37-10-2)32(21(5)12-11-20(3)4)24(33)19-31-28(36)38-29(6,7)8/h13-16,20-21,26H,9-12,17-19H2,1-8H3,(H,30,35)(H,31,36). The summed E-state index contributed by atoms with van der Waals surface area (Å²) in [5.41, 5.74) is 1.05. The molecule has 0 spiro atoms. The van der Waals surface area contributed by atoms with E-state index in [2.05, 4.69) is 24.5 Å². The highest BCUT2D eigenvalue weighted by atomic mass is 16.6. The fraction of sp³-hybridized carbons (Fsp3) is 0.655. The Bertz CT molecular complexity index is 908. The first kappa shape index (κ1) is 32.9. The summed E-state index contributed by atoms with van der Waals surface area (Å²) in [6.45, 7) is 15.1. The molecule has 0 bridgehead atoms. The molecule has 0 radical (unpaired) electrons. The second-order valence-corrected chi connectivity index (χ2v) is 10.8. The number of hydrogen-bond donors (Lipinski definition) is 2. The largest absolute Gasteiger partial charge is 0.466 e. The number of alkyl carbamates (subject to hydrolysis) is 1. The third kappa shape index (κ3) is 12.0. The van der Waals surface area contributed by atoms with Gasteiger partial charge in [0.05, 0.1) is 13.0 Å². The van der Waals surface area contributed by atoms with Crippen LogP contribution in [0, 0.1) is 5.92 Å². The maximum atomic E-state index is 13.6. The number of nitrogens with one attached hydrogen (secondary N) is 2. The van der Waals surface area contributed by atoms with E-state index in [1.807, 2.05) is 38.1 Å². The Kier molecular flexibility index (Phi) is 13.9. The van der Waals surface area contributed by atoms with Crippen molar-refractivity contribution in [1.82, 2.24) is 15.5 Å². The normalized spacial score (nSPS) is 12.9. The van der Waals surface area contributed by atoms with Gasteiger partial charge in [0, 0.05) is 12.6 Å². The molecule has 0 aliphatic heterocycles. The van der Waals surface area contributed by atoms with Crippen molar-refractivity contribution >= 4 is 23.9 Å². The van der Waals surface area contributed by atoms with Crippen LogP contribution in [0.2, 0.25) is 0 Å². The van der Waals surface area contributed by atoms with Gasteiger partial charge in [0.2, 0.25) is 11.8 Å². The number of ether oxygens (including phenoxy) is 2. The summed E-state index contributed by atoms with van der Waals surface area (Å²) < 4.78 is 10.2. The zero-order valence-electron chi connectivity index (χ0n) is 24.4. The number of amides is 3. The van der Waals surface area contributed by atoms with E-state index >= 15 is 0 Å². The average molecular weight is 534 g/mol. The SMILES string of the molecule is CCOC(=O)CCNC(=O)C(c1ccc(CC)cc1)N(C(=O)CNC(=O)OC(C)(C)C)C(C)CCC(C)C. The van der Waals surface area contributed by atoms with Crippen LogP contribution in [0.5, 0.6) is 0 Å². The maximum Gasteiger partial charge on any atom is 0.408 e. The van der Waals surface area contributed by atoms with Crippen LogP contribution in [-0.4, -0.2) is 60.1 Å². The fourth-order valence-corrected chi connectivity index (χ4v) is 3.90. The van der Waals surface area contributed by atoms with E-state index in [0.29, 0.717) is 17.9 Å². The molecule has 38 heavy (non-hydrogen) atoms. The molecule has 0 fully saturated rings. The molecule has 1 rings (SSSR count). The summed E-state index contributed by atoms with van der Waals surface area (Å²) in [5, 5.41) is 5.33. The molecule has 1 aromatic rings. The number of nitrogens with zero attached hydrogens (tertiary/aromatic N) is 1. The van der Waals surface area contributed by atoms with Crippen molar-refractivity contribution in [2.75, 3.05) is 19.7 Å².